The number of allylic oxidation sites excluding steroid dienone is 2. The normalized spacial score (nSPS) is 25.6. The number of unbranched alkanes of at least 4 members (excludes halogenated alkanes) is 1. The molecule has 1 aliphatic rings. The van der Waals surface area contributed by atoms with E-state index in [-0.39, 0.29) is 62.5 Å². The molecule has 0 aromatic heterocycles. The van der Waals surface area contributed by atoms with Crippen LogP contribution in [0.5, 0.6) is 0 Å². The van der Waals surface area contributed by atoms with Crippen LogP contribution >= 0.6 is 11.8 Å². The maximum Gasteiger partial charge on any atom is 0.256 e. The van der Waals surface area contributed by atoms with Crippen LogP contribution < -0.4 is 21.3 Å². The fraction of sp³-hybridized carbons (Fsp3) is 0.797. The summed E-state index contributed by atoms with van der Waals surface area (Å²) in [6, 6.07) is -12.7. The Balaban J connectivity index is 4.67. The quantitative estimate of drug-likeness (QED) is 0.0479. The first kappa shape index (κ1) is 91.9. The molecular formula is C74H134N12O13S. The number of nitrogens with zero attached hydrogens (tertiary/aromatic N) is 8. The summed E-state index contributed by atoms with van der Waals surface area (Å²) in [7, 11) is 10.0. The van der Waals surface area contributed by atoms with Gasteiger partial charge in [0.1, 0.15) is 60.4 Å². The van der Waals surface area contributed by atoms with E-state index in [1.165, 1.54) is 104 Å². The third-order valence-corrected chi connectivity index (χ3v) is 20.4. The molecule has 574 valence electrons. The highest BCUT2D eigenvalue weighted by Gasteiger charge is 2.47. The van der Waals surface area contributed by atoms with Gasteiger partial charge in [0.05, 0.1) is 18.3 Å². The molecule has 1 rings (SSSR count). The first-order valence-corrected chi connectivity index (χ1v) is 37.4. The number of carbonyl (C=O) groups is 11. The Morgan fingerprint density at radius 2 is 1.03 bits per heavy atom. The number of ether oxygens (including phenoxy) is 1. The standard InChI is InChI=1S/C74H134N12O13S/c1-29-33-36-50(17)61(87)60-65(91)77-53(31-3)67(93)85(28)73(100-39-35-34-37-86(32-4)49(15)16)72(98)82(25)57(43-74(20,21)99-38-30-2)64(90)78-58(47(11)12)70(96)79(22)54(40-44(5)6)63(89)75-51(18)62(88)76-52(19)66(92)80(23)55(41-45(7)8)68(94)81(24)56(42-46(9)10)69(95)83(26)59(48(13)14)71(97)84(60)27/h29-30,33,44-61,73,87H,2,31-32,34-43H2,1,3-28H3,(H,75,89)(H,76,88)(H,77,91)(H,78,90)/b33-29+/t50-,51+,52-,53+,54+,55+,56+,57+,58+,59+,60+,61-,73-/m1/s1. The highest BCUT2D eigenvalue weighted by molar-refractivity contribution is 8.00. The van der Waals surface area contributed by atoms with E-state index in [1.54, 1.807) is 67.5 Å². The van der Waals surface area contributed by atoms with Gasteiger partial charge in [-0.15, -0.1) is 18.3 Å². The van der Waals surface area contributed by atoms with Crippen LogP contribution in [-0.2, 0) is 57.5 Å². The molecule has 0 unspecified atom stereocenters. The van der Waals surface area contributed by atoms with Crippen LogP contribution in [0.4, 0.5) is 0 Å². The summed E-state index contributed by atoms with van der Waals surface area (Å²) in [6.45, 7) is 41.5. The highest BCUT2D eigenvalue weighted by Crippen LogP contribution is 2.29. The average molecular weight is 1430 g/mol. The van der Waals surface area contributed by atoms with Crippen molar-refractivity contribution >= 4 is 76.7 Å². The van der Waals surface area contributed by atoms with Crippen molar-refractivity contribution in [2.24, 2.45) is 35.5 Å². The van der Waals surface area contributed by atoms with Gasteiger partial charge < -0.3 is 70.3 Å². The minimum Gasteiger partial charge on any atom is -0.390 e. The third kappa shape index (κ3) is 26.9. The van der Waals surface area contributed by atoms with Crippen LogP contribution in [0.1, 0.15) is 190 Å². The Morgan fingerprint density at radius 3 is 1.51 bits per heavy atom. The van der Waals surface area contributed by atoms with Crippen LogP contribution in [0.15, 0.2) is 24.8 Å². The van der Waals surface area contributed by atoms with E-state index < -0.39 is 160 Å². The van der Waals surface area contributed by atoms with Crippen molar-refractivity contribution in [2.75, 3.05) is 74.8 Å². The maximum absolute atomic E-state index is 15.7. The van der Waals surface area contributed by atoms with Crippen molar-refractivity contribution in [3.63, 3.8) is 0 Å². The zero-order valence-corrected chi connectivity index (χ0v) is 67.0. The predicted molar refractivity (Wildman–Crippen MR) is 397 cm³/mol. The zero-order valence-electron chi connectivity index (χ0n) is 66.2. The lowest BCUT2D eigenvalue weighted by molar-refractivity contribution is -0.157. The SMILES string of the molecule is C=CCOC(C)(C)C[C@H]1C(=O)N[C@@H](C(C)C)C(=O)N(C)[C@@H](CC(C)C)C(=O)N[C@@H](C)C(=O)N[C@H](C)C(=O)N(C)[C@@H](CC(C)C)C(=O)N(C)[C@@H](CC(C)C)C(=O)N(C)[C@@H](C(C)C)C(=O)N(C)[C@@H]([C@H](O)[C@H](C)C/C=C/C)C(=O)N[C@@H](CC)C(=O)N(C)[C@H](SCCCCN(CC)C(C)C)C(=O)N1C. The van der Waals surface area contributed by atoms with Crippen LogP contribution in [0, 0.1) is 35.5 Å². The molecule has 26 heteroatoms. The van der Waals surface area contributed by atoms with Crippen molar-refractivity contribution in [1.29, 1.82) is 0 Å². The Hall–Kier alpha value is -6.12. The van der Waals surface area contributed by atoms with Crippen molar-refractivity contribution in [1.82, 2.24) is 60.5 Å². The highest BCUT2D eigenvalue weighted by atomic mass is 32.2. The van der Waals surface area contributed by atoms with Crippen LogP contribution in [0.3, 0.4) is 0 Å². The number of hydrogen-bond acceptors (Lipinski definition) is 15. The molecule has 25 nitrogen and oxygen atoms in total. The van der Waals surface area contributed by atoms with Gasteiger partial charge in [-0.2, -0.15) is 0 Å². The molecule has 11 amide bonds. The second-order valence-corrected chi connectivity index (χ2v) is 31.6. The van der Waals surface area contributed by atoms with E-state index in [1.807, 2.05) is 54.5 Å². The maximum atomic E-state index is 15.7. The lowest BCUT2D eigenvalue weighted by Gasteiger charge is -2.41. The molecule has 0 radical (unpaired) electrons. The van der Waals surface area contributed by atoms with Crippen molar-refractivity contribution in [2.45, 2.75) is 273 Å². The molecule has 1 aliphatic heterocycles. The van der Waals surface area contributed by atoms with Gasteiger partial charge in [-0.05, 0) is 148 Å². The second-order valence-electron chi connectivity index (χ2n) is 30.4. The van der Waals surface area contributed by atoms with Crippen molar-refractivity contribution in [3.05, 3.63) is 24.8 Å². The summed E-state index contributed by atoms with van der Waals surface area (Å²) in [6.07, 6.45) is 5.56. The number of aliphatic hydroxyl groups is 1. The number of amides is 11. The van der Waals surface area contributed by atoms with Crippen LogP contribution in [0.25, 0.3) is 0 Å². The predicted octanol–water partition coefficient (Wildman–Crippen LogP) is 6.16. The lowest BCUT2D eigenvalue weighted by Crippen LogP contribution is -2.64. The Morgan fingerprint density at radius 1 is 0.550 bits per heavy atom. The zero-order chi connectivity index (χ0) is 77.3. The number of rotatable bonds is 26. The Bertz CT molecular complexity index is 2730. The summed E-state index contributed by atoms with van der Waals surface area (Å²) in [5, 5.41) is 22.3. The number of thioether (sulfide) groups is 1. The molecule has 1 fully saturated rings. The van der Waals surface area contributed by atoms with Gasteiger partial charge in [0.25, 0.3) is 5.91 Å². The first-order valence-electron chi connectivity index (χ1n) is 36.3. The third-order valence-electron chi connectivity index (χ3n) is 19.0. The second kappa shape index (κ2) is 43.1. The molecule has 0 spiro atoms. The molecule has 0 aliphatic carbocycles. The first-order chi connectivity index (χ1) is 46.3. The van der Waals surface area contributed by atoms with Crippen molar-refractivity contribution in [3.8, 4) is 0 Å². The molecule has 0 aromatic carbocycles. The topological polar surface area (TPSA) is 291 Å². The summed E-state index contributed by atoms with van der Waals surface area (Å²) in [4.78, 5) is 177. The summed E-state index contributed by atoms with van der Waals surface area (Å²) in [5.74, 6) is -9.64. The minimum absolute atomic E-state index is 0.0179. The fourth-order valence-corrected chi connectivity index (χ4v) is 13.8. The van der Waals surface area contributed by atoms with Gasteiger partial charge in [0.2, 0.25) is 59.1 Å². The minimum atomic E-state index is -1.66. The monoisotopic (exact) mass is 1430 g/mol. The van der Waals surface area contributed by atoms with Gasteiger partial charge in [0.15, 0.2) is 5.37 Å². The number of hydrogen-bond donors (Lipinski definition) is 5. The molecule has 13 atom stereocenters. The molecule has 1 heterocycles. The number of nitrogens with one attached hydrogen (secondary N) is 4. The largest absolute Gasteiger partial charge is 0.390 e. The number of likely N-dealkylation sites (N-methyl/N-ethyl adjacent to an activating group) is 7. The van der Waals surface area contributed by atoms with Gasteiger partial charge in [-0.25, -0.2) is 0 Å². The van der Waals surface area contributed by atoms with Crippen LogP contribution in [-0.4, -0.2) is 268 Å². The smallest absolute Gasteiger partial charge is 0.256 e. The molecule has 0 aromatic rings. The van der Waals surface area contributed by atoms with Gasteiger partial charge in [-0.3, -0.25) is 52.7 Å². The average Bonchev–Trinajstić information content (AvgIpc) is 0.794. The fourth-order valence-electron chi connectivity index (χ4n) is 12.6. The van der Waals surface area contributed by atoms with E-state index in [0.29, 0.717) is 18.6 Å². The summed E-state index contributed by atoms with van der Waals surface area (Å²) >= 11 is 1.19. The molecule has 1 saturated heterocycles. The summed E-state index contributed by atoms with van der Waals surface area (Å²) < 4.78 is 6.19. The van der Waals surface area contributed by atoms with Gasteiger partial charge in [-0.1, -0.05) is 108 Å². The summed E-state index contributed by atoms with van der Waals surface area (Å²) in [5.41, 5.74) is -1.11. The van der Waals surface area contributed by atoms with Gasteiger partial charge >= 0.3 is 0 Å². The van der Waals surface area contributed by atoms with E-state index in [4.69, 9.17) is 4.74 Å². The van der Waals surface area contributed by atoms with E-state index in [9.17, 15) is 19.5 Å². The van der Waals surface area contributed by atoms with E-state index >= 15 is 38.4 Å². The number of aliphatic hydroxyl groups excluding tert-OH is 1. The van der Waals surface area contributed by atoms with E-state index in [2.05, 4.69) is 53.5 Å². The molecule has 100 heavy (non-hydrogen) atoms. The Kier molecular flexibility index (Phi) is 39.6. The van der Waals surface area contributed by atoms with Crippen LogP contribution in [0.2, 0.25) is 0 Å². The Labute approximate surface area is 605 Å². The lowest BCUT2D eigenvalue weighted by atomic mass is 9.91. The number of carbonyl (C=O) groups excluding carboxylic acids is 11. The molecule has 5 N–H and O–H groups in total. The van der Waals surface area contributed by atoms with E-state index in [0.717, 1.165) is 24.4 Å². The molecule has 0 bridgehead atoms. The van der Waals surface area contributed by atoms with Crippen molar-refractivity contribution < 1.29 is 62.6 Å². The van der Waals surface area contributed by atoms with Gasteiger partial charge in [0, 0.05) is 61.8 Å². The molecule has 0 saturated carbocycles. The molecular weight excluding hydrogens is 1300 g/mol.